The van der Waals surface area contributed by atoms with Gasteiger partial charge in [-0.1, -0.05) is 12.1 Å². The Bertz CT molecular complexity index is 523. The van der Waals surface area contributed by atoms with Gasteiger partial charge in [0.1, 0.15) is 12.2 Å². The first kappa shape index (κ1) is 16.7. The highest BCUT2D eigenvalue weighted by atomic mass is 16.6. The third kappa shape index (κ3) is 4.19. The van der Waals surface area contributed by atoms with Crippen molar-refractivity contribution in [1.29, 1.82) is 0 Å². The molecule has 22 heavy (non-hydrogen) atoms. The summed E-state index contributed by atoms with van der Waals surface area (Å²) in [5.41, 5.74) is -0.858. The summed E-state index contributed by atoms with van der Waals surface area (Å²) in [6.07, 6.45) is 1.30. The zero-order valence-corrected chi connectivity index (χ0v) is 14.0. The molecule has 1 fully saturated rings. The van der Waals surface area contributed by atoms with Gasteiger partial charge in [-0.05, 0) is 33.6 Å². The van der Waals surface area contributed by atoms with Crippen LogP contribution in [0.5, 0.6) is 0 Å². The molecule has 1 atom stereocenters. The van der Waals surface area contributed by atoms with Gasteiger partial charge in [-0.15, -0.1) is 0 Å². The number of carbonyl (C=O) groups is 1. The molecule has 0 spiro atoms. The lowest BCUT2D eigenvalue weighted by molar-refractivity contribution is -0.0556. The second-order valence-electron chi connectivity index (χ2n) is 6.71. The summed E-state index contributed by atoms with van der Waals surface area (Å²) in [4.78, 5) is 18.0. The van der Waals surface area contributed by atoms with E-state index in [1.165, 1.54) is 0 Å². The molecule has 1 unspecified atom stereocenters. The monoisotopic (exact) mass is 311 g/mol. The van der Waals surface area contributed by atoms with Crippen LogP contribution in [0.25, 0.3) is 0 Å². The molecule has 0 radical (unpaired) electrons. The first-order valence-corrected chi connectivity index (χ1v) is 7.64. The number of rotatable bonds is 4. The average Bonchev–Trinajstić information content (AvgIpc) is 3.02. The highest BCUT2D eigenvalue weighted by Crippen LogP contribution is 2.30. The number of carbonyl (C=O) groups excluding carboxylic acids is 1. The highest BCUT2D eigenvalue weighted by molar-refractivity contribution is 5.68. The number of aromatic nitrogens is 2. The molecule has 1 aromatic rings. The van der Waals surface area contributed by atoms with Crippen molar-refractivity contribution in [2.24, 2.45) is 0 Å². The van der Waals surface area contributed by atoms with E-state index in [1.54, 1.807) is 11.8 Å². The molecule has 1 aliphatic heterocycles. The van der Waals surface area contributed by atoms with Gasteiger partial charge in [0.2, 0.25) is 5.89 Å². The molecular formula is C15H25N3O4. The first-order chi connectivity index (χ1) is 10.2. The Balaban J connectivity index is 1.93. The zero-order chi connectivity index (χ0) is 16.4. The average molecular weight is 311 g/mol. The lowest BCUT2D eigenvalue weighted by atomic mass is 10.00. The van der Waals surface area contributed by atoms with Crippen LogP contribution in [0.15, 0.2) is 4.52 Å². The summed E-state index contributed by atoms with van der Waals surface area (Å²) in [6.45, 7) is 10.8. The molecule has 1 aromatic heterocycles. The number of hydrogen-bond acceptors (Lipinski definition) is 6. The Morgan fingerprint density at radius 1 is 1.45 bits per heavy atom. The predicted octanol–water partition coefficient (Wildman–Crippen LogP) is 2.68. The minimum atomic E-state index is -0.489. The maximum absolute atomic E-state index is 12.2. The van der Waals surface area contributed by atoms with Crippen molar-refractivity contribution in [2.45, 2.75) is 65.3 Å². The molecule has 124 valence electrons. The van der Waals surface area contributed by atoms with Crippen molar-refractivity contribution >= 4 is 6.09 Å². The van der Waals surface area contributed by atoms with Crippen LogP contribution >= 0.6 is 0 Å². The van der Waals surface area contributed by atoms with Gasteiger partial charge in [-0.3, -0.25) is 0 Å². The molecule has 2 rings (SSSR count). The maximum atomic E-state index is 12.2. The molecule has 0 aromatic carbocycles. The second kappa shape index (κ2) is 6.24. The maximum Gasteiger partial charge on any atom is 0.410 e. The van der Waals surface area contributed by atoms with Gasteiger partial charge in [-0.2, -0.15) is 4.98 Å². The van der Waals surface area contributed by atoms with Gasteiger partial charge in [0.15, 0.2) is 5.82 Å². The number of nitrogens with zero attached hydrogens (tertiary/aromatic N) is 3. The molecule has 1 saturated heterocycles. The molecule has 0 saturated carbocycles. The molecule has 0 bridgehead atoms. The van der Waals surface area contributed by atoms with E-state index in [1.807, 2.05) is 20.8 Å². The SMILES string of the molecule is CCC1(OCc2noc(C)n2)CCN(C(=O)OC(C)(C)C)C1. The molecule has 7 nitrogen and oxygen atoms in total. The van der Waals surface area contributed by atoms with Crippen LogP contribution in [-0.2, 0) is 16.1 Å². The zero-order valence-electron chi connectivity index (χ0n) is 14.0. The topological polar surface area (TPSA) is 77.7 Å². The van der Waals surface area contributed by atoms with Gasteiger partial charge in [-0.25, -0.2) is 4.79 Å². The van der Waals surface area contributed by atoms with Gasteiger partial charge < -0.3 is 18.9 Å². The standard InChI is InChI=1S/C15H25N3O4/c1-6-15(20-9-12-16-11(2)22-17-12)7-8-18(10-15)13(19)21-14(3,4)5/h6-10H2,1-5H3. The Morgan fingerprint density at radius 3 is 2.73 bits per heavy atom. The van der Waals surface area contributed by atoms with E-state index < -0.39 is 5.60 Å². The fourth-order valence-corrected chi connectivity index (χ4v) is 2.45. The highest BCUT2D eigenvalue weighted by Gasteiger charge is 2.41. The van der Waals surface area contributed by atoms with E-state index >= 15 is 0 Å². The lowest BCUT2D eigenvalue weighted by Gasteiger charge is -2.29. The van der Waals surface area contributed by atoms with Crippen LogP contribution in [0, 0.1) is 6.92 Å². The fraction of sp³-hybridized carbons (Fsp3) is 0.800. The summed E-state index contributed by atoms with van der Waals surface area (Å²) in [6, 6.07) is 0. The van der Waals surface area contributed by atoms with Gasteiger partial charge >= 0.3 is 6.09 Å². The number of likely N-dealkylation sites (tertiary alicyclic amines) is 1. The predicted molar refractivity (Wildman–Crippen MR) is 79.3 cm³/mol. The Morgan fingerprint density at radius 2 is 2.18 bits per heavy atom. The van der Waals surface area contributed by atoms with Crippen molar-refractivity contribution in [3.05, 3.63) is 11.7 Å². The molecule has 2 heterocycles. The van der Waals surface area contributed by atoms with Crippen LogP contribution in [0.3, 0.4) is 0 Å². The molecule has 7 heteroatoms. The minimum absolute atomic E-state index is 0.285. The Hall–Kier alpha value is -1.63. The summed E-state index contributed by atoms with van der Waals surface area (Å²) in [5, 5.41) is 3.83. The molecular weight excluding hydrogens is 286 g/mol. The van der Waals surface area contributed by atoms with Crippen LogP contribution in [0.4, 0.5) is 4.79 Å². The first-order valence-electron chi connectivity index (χ1n) is 7.64. The van der Waals surface area contributed by atoms with Gasteiger partial charge in [0, 0.05) is 13.5 Å². The number of amides is 1. The summed E-state index contributed by atoms with van der Waals surface area (Å²) in [5.74, 6) is 1.05. The lowest BCUT2D eigenvalue weighted by Crippen LogP contribution is -2.40. The summed E-state index contributed by atoms with van der Waals surface area (Å²) < 4.78 is 16.4. The van der Waals surface area contributed by atoms with Crippen LogP contribution < -0.4 is 0 Å². The molecule has 0 N–H and O–H groups in total. The number of hydrogen-bond donors (Lipinski definition) is 0. The largest absolute Gasteiger partial charge is 0.444 e. The number of ether oxygens (including phenoxy) is 2. The quantitative estimate of drug-likeness (QED) is 0.850. The van der Waals surface area contributed by atoms with E-state index in [-0.39, 0.29) is 18.3 Å². The third-order valence-electron chi connectivity index (χ3n) is 3.69. The van der Waals surface area contributed by atoms with Crippen molar-refractivity contribution < 1.29 is 18.8 Å². The van der Waals surface area contributed by atoms with Crippen LogP contribution in [-0.4, -0.2) is 45.4 Å². The molecule has 1 amide bonds. The van der Waals surface area contributed by atoms with Crippen molar-refractivity contribution in [1.82, 2.24) is 15.0 Å². The number of aryl methyl sites for hydroxylation is 1. The molecule has 1 aliphatic rings. The minimum Gasteiger partial charge on any atom is -0.444 e. The van der Waals surface area contributed by atoms with E-state index in [4.69, 9.17) is 14.0 Å². The van der Waals surface area contributed by atoms with Crippen molar-refractivity contribution in [2.75, 3.05) is 13.1 Å². The smallest absolute Gasteiger partial charge is 0.410 e. The summed E-state index contributed by atoms with van der Waals surface area (Å²) in [7, 11) is 0. The second-order valence-corrected chi connectivity index (χ2v) is 6.71. The molecule has 0 aliphatic carbocycles. The third-order valence-corrected chi connectivity index (χ3v) is 3.69. The van der Waals surface area contributed by atoms with Crippen LogP contribution in [0.1, 0.15) is 52.3 Å². The van der Waals surface area contributed by atoms with Gasteiger partial charge in [0.05, 0.1) is 12.1 Å². The van der Waals surface area contributed by atoms with E-state index in [0.29, 0.717) is 24.8 Å². The summed E-state index contributed by atoms with van der Waals surface area (Å²) >= 11 is 0. The fourth-order valence-electron chi connectivity index (χ4n) is 2.45. The van der Waals surface area contributed by atoms with Gasteiger partial charge in [0.25, 0.3) is 0 Å². The van der Waals surface area contributed by atoms with E-state index in [2.05, 4.69) is 17.1 Å². The Kier molecular flexibility index (Phi) is 4.75. The van der Waals surface area contributed by atoms with Crippen LogP contribution in [0.2, 0.25) is 0 Å². The van der Waals surface area contributed by atoms with Crippen molar-refractivity contribution in [3.63, 3.8) is 0 Å². The van der Waals surface area contributed by atoms with E-state index in [9.17, 15) is 4.79 Å². The normalized spacial score (nSPS) is 22.1. The van der Waals surface area contributed by atoms with E-state index in [0.717, 1.165) is 12.8 Å². The Labute approximate surface area is 131 Å². The van der Waals surface area contributed by atoms with Crippen molar-refractivity contribution in [3.8, 4) is 0 Å².